The van der Waals surface area contributed by atoms with Crippen LogP contribution in [-0.4, -0.2) is 32.0 Å². The van der Waals surface area contributed by atoms with Gasteiger partial charge in [-0.3, -0.25) is 9.59 Å². The van der Waals surface area contributed by atoms with Gasteiger partial charge in [0.25, 0.3) is 0 Å². The number of halogens is 1. The van der Waals surface area contributed by atoms with Gasteiger partial charge in [0.1, 0.15) is 11.6 Å². The summed E-state index contributed by atoms with van der Waals surface area (Å²) in [6, 6.07) is 13.1. The summed E-state index contributed by atoms with van der Waals surface area (Å²) in [5.41, 5.74) is 1.58. The summed E-state index contributed by atoms with van der Waals surface area (Å²) in [7, 11) is 1.58. The fraction of sp³-hybridized carbons (Fsp3) is 0.200. The molecule has 0 aliphatic rings. The molecule has 26 heavy (non-hydrogen) atoms. The molecule has 2 aromatic carbocycles. The number of ether oxygens (including phenoxy) is 1. The zero-order valence-corrected chi connectivity index (χ0v) is 14.5. The lowest BCUT2D eigenvalue weighted by Crippen LogP contribution is -2.34. The summed E-state index contributed by atoms with van der Waals surface area (Å²) in [5, 5.41) is 5.39. The number of rotatable bonds is 8. The average Bonchev–Trinajstić information content (AvgIpc) is 2.65. The maximum atomic E-state index is 12.8. The fourth-order valence-corrected chi connectivity index (χ4v) is 2.21. The largest absolute Gasteiger partial charge is 0.497 e. The van der Waals surface area contributed by atoms with Crippen LogP contribution < -0.4 is 15.4 Å². The number of methoxy groups -OCH3 is 1. The Bertz CT molecular complexity index is 773. The van der Waals surface area contributed by atoms with Crippen molar-refractivity contribution in [2.45, 2.75) is 6.42 Å². The Hall–Kier alpha value is -3.15. The molecule has 0 spiro atoms. The van der Waals surface area contributed by atoms with Crippen molar-refractivity contribution in [3.8, 4) is 5.75 Å². The number of carbonyl (C=O) groups excluding carboxylic acids is 2. The van der Waals surface area contributed by atoms with E-state index in [0.29, 0.717) is 13.1 Å². The van der Waals surface area contributed by atoms with Crippen molar-refractivity contribution < 1.29 is 18.7 Å². The van der Waals surface area contributed by atoms with Crippen LogP contribution in [0.4, 0.5) is 4.39 Å². The van der Waals surface area contributed by atoms with Crippen molar-refractivity contribution in [2.75, 3.05) is 20.2 Å². The van der Waals surface area contributed by atoms with Crippen LogP contribution in [-0.2, 0) is 16.0 Å². The second-order valence-electron chi connectivity index (χ2n) is 5.55. The van der Waals surface area contributed by atoms with Gasteiger partial charge in [-0.25, -0.2) is 4.39 Å². The highest BCUT2D eigenvalue weighted by Gasteiger charge is 2.03. The Balaban J connectivity index is 1.67. The van der Waals surface area contributed by atoms with Crippen molar-refractivity contribution in [2.24, 2.45) is 0 Å². The van der Waals surface area contributed by atoms with Crippen LogP contribution in [0.3, 0.4) is 0 Å². The Labute approximate surface area is 151 Å². The lowest BCUT2D eigenvalue weighted by atomic mass is 10.1. The van der Waals surface area contributed by atoms with E-state index >= 15 is 0 Å². The smallest absolute Gasteiger partial charge is 0.244 e. The van der Waals surface area contributed by atoms with Crippen LogP contribution >= 0.6 is 0 Å². The molecule has 0 fully saturated rings. The maximum Gasteiger partial charge on any atom is 0.244 e. The van der Waals surface area contributed by atoms with E-state index in [4.69, 9.17) is 4.74 Å². The first kappa shape index (κ1) is 19.2. The van der Waals surface area contributed by atoms with Crippen LogP contribution in [0.15, 0.2) is 54.6 Å². The molecule has 0 saturated carbocycles. The monoisotopic (exact) mass is 356 g/mol. The van der Waals surface area contributed by atoms with Crippen LogP contribution in [0.25, 0.3) is 6.08 Å². The molecule has 0 aromatic heterocycles. The fourth-order valence-electron chi connectivity index (χ4n) is 2.21. The van der Waals surface area contributed by atoms with E-state index in [0.717, 1.165) is 16.9 Å². The van der Waals surface area contributed by atoms with Gasteiger partial charge in [-0.05, 0) is 41.5 Å². The molecule has 136 valence electrons. The second kappa shape index (κ2) is 9.98. The van der Waals surface area contributed by atoms with Gasteiger partial charge < -0.3 is 15.4 Å². The third kappa shape index (κ3) is 6.76. The first-order valence-electron chi connectivity index (χ1n) is 8.18. The highest BCUT2D eigenvalue weighted by molar-refractivity contribution is 5.91. The lowest BCUT2D eigenvalue weighted by molar-refractivity contribution is -0.121. The molecule has 5 nitrogen and oxygen atoms in total. The van der Waals surface area contributed by atoms with Gasteiger partial charge in [-0.2, -0.15) is 0 Å². The molecular weight excluding hydrogens is 335 g/mol. The summed E-state index contributed by atoms with van der Waals surface area (Å²) in [6.07, 6.45) is 3.28. The Morgan fingerprint density at radius 3 is 2.54 bits per heavy atom. The summed E-state index contributed by atoms with van der Waals surface area (Å²) < 4.78 is 17.9. The van der Waals surface area contributed by atoms with E-state index in [1.165, 1.54) is 18.2 Å². The van der Waals surface area contributed by atoms with E-state index in [1.54, 1.807) is 25.3 Å². The maximum absolute atomic E-state index is 12.8. The molecule has 0 aliphatic carbocycles. The first-order valence-corrected chi connectivity index (χ1v) is 8.18. The van der Waals surface area contributed by atoms with Gasteiger partial charge in [0.05, 0.1) is 13.5 Å². The van der Waals surface area contributed by atoms with E-state index < -0.39 is 0 Å². The van der Waals surface area contributed by atoms with Gasteiger partial charge in [0, 0.05) is 19.2 Å². The van der Waals surface area contributed by atoms with Gasteiger partial charge >= 0.3 is 0 Å². The number of benzene rings is 2. The van der Waals surface area contributed by atoms with Gasteiger partial charge in [0.2, 0.25) is 11.8 Å². The molecule has 2 amide bonds. The number of amides is 2. The summed E-state index contributed by atoms with van der Waals surface area (Å²) >= 11 is 0. The number of hydrogen-bond donors (Lipinski definition) is 2. The second-order valence-corrected chi connectivity index (χ2v) is 5.55. The minimum Gasteiger partial charge on any atom is -0.497 e. The van der Waals surface area contributed by atoms with Crippen molar-refractivity contribution in [1.29, 1.82) is 0 Å². The predicted molar refractivity (Wildman–Crippen MR) is 98.2 cm³/mol. The quantitative estimate of drug-likeness (QED) is 0.563. The summed E-state index contributed by atoms with van der Waals surface area (Å²) in [6.45, 7) is 0.634. The van der Waals surface area contributed by atoms with Crippen molar-refractivity contribution >= 4 is 17.9 Å². The minimum absolute atomic E-state index is 0.171. The van der Waals surface area contributed by atoms with E-state index in [9.17, 15) is 14.0 Å². The van der Waals surface area contributed by atoms with Crippen LogP contribution in [0, 0.1) is 5.82 Å². The molecule has 0 saturated heterocycles. The minimum atomic E-state index is -0.334. The highest BCUT2D eigenvalue weighted by Crippen LogP contribution is 2.13. The Morgan fingerprint density at radius 2 is 1.81 bits per heavy atom. The molecule has 0 unspecified atom stereocenters. The molecule has 0 bridgehead atoms. The molecule has 0 aliphatic heterocycles. The molecule has 2 aromatic rings. The summed E-state index contributed by atoms with van der Waals surface area (Å²) in [4.78, 5) is 23.5. The zero-order valence-electron chi connectivity index (χ0n) is 14.5. The normalized spacial score (nSPS) is 10.5. The third-order valence-corrected chi connectivity index (χ3v) is 3.55. The number of nitrogens with one attached hydrogen (secondary N) is 2. The molecule has 2 N–H and O–H groups in total. The zero-order chi connectivity index (χ0) is 18.8. The third-order valence-electron chi connectivity index (χ3n) is 3.55. The van der Waals surface area contributed by atoms with Crippen LogP contribution in [0.2, 0.25) is 0 Å². The highest BCUT2D eigenvalue weighted by atomic mass is 19.1. The Kier molecular flexibility index (Phi) is 7.36. The van der Waals surface area contributed by atoms with Crippen LogP contribution in [0.1, 0.15) is 11.1 Å². The first-order chi connectivity index (χ1) is 12.6. The molecule has 2 rings (SSSR count). The van der Waals surface area contributed by atoms with Crippen molar-refractivity contribution in [3.05, 3.63) is 71.6 Å². The van der Waals surface area contributed by atoms with Gasteiger partial charge in [0.15, 0.2) is 0 Å². The molecule has 6 heteroatoms. The number of hydrogen-bond acceptors (Lipinski definition) is 3. The average molecular weight is 356 g/mol. The van der Waals surface area contributed by atoms with Crippen molar-refractivity contribution in [1.82, 2.24) is 10.6 Å². The topological polar surface area (TPSA) is 67.4 Å². The molecular formula is C20H21FN2O3. The molecule has 0 heterocycles. The predicted octanol–water partition coefficient (Wildman–Crippen LogP) is 2.32. The van der Waals surface area contributed by atoms with Gasteiger partial charge in [-0.15, -0.1) is 0 Å². The van der Waals surface area contributed by atoms with E-state index in [1.807, 2.05) is 24.3 Å². The van der Waals surface area contributed by atoms with E-state index in [-0.39, 0.29) is 24.1 Å². The molecule has 0 radical (unpaired) electrons. The lowest BCUT2D eigenvalue weighted by Gasteiger charge is -2.06. The van der Waals surface area contributed by atoms with Crippen molar-refractivity contribution in [3.63, 3.8) is 0 Å². The summed E-state index contributed by atoms with van der Waals surface area (Å²) in [5.74, 6) is -0.0475. The SMILES string of the molecule is COc1cccc(/C=C/C(=O)NCCNC(=O)Cc2ccc(F)cc2)c1. The standard InChI is InChI=1S/C20H21FN2O3/c1-26-18-4-2-3-15(13-18)7-10-19(24)22-11-12-23-20(25)14-16-5-8-17(21)9-6-16/h2-10,13H,11-12,14H2,1H3,(H,22,24)(H,23,25)/b10-7+. The van der Waals surface area contributed by atoms with Crippen LogP contribution in [0.5, 0.6) is 5.75 Å². The Morgan fingerprint density at radius 1 is 1.08 bits per heavy atom. The van der Waals surface area contributed by atoms with Gasteiger partial charge in [-0.1, -0.05) is 24.3 Å². The van der Waals surface area contributed by atoms with E-state index in [2.05, 4.69) is 10.6 Å². The molecule has 0 atom stereocenters. The number of carbonyl (C=O) groups is 2.